The summed E-state index contributed by atoms with van der Waals surface area (Å²) >= 11 is 6.19. The molecule has 1 aromatic rings. The molecule has 0 aliphatic heterocycles. The lowest BCUT2D eigenvalue weighted by atomic mass is 9.92. The fraction of sp³-hybridized carbons (Fsp3) is 0.750. The number of aromatic nitrogens is 2. The number of halogens is 1. The topological polar surface area (TPSA) is 90.3 Å². The van der Waals surface area contributed by atoms with E-state index in [0.29, 0.717) is 16.8 Å². The maximum Gasteiger partial charge on any atom is 0.225 e. The quantitative estimate of drug-likeness (QED) is 0.673. The van der Waals surface area contributed by atoms with Gasteiger partial charge in [0, 0.05) is 0 Å². The third kappa shape index (κ3) is 4.25. The molecule has 3 rings (SSSR count). The molecule has 2 aliphatic rings. The molecule has 1 heterocycles. The van der Waals surface area contributed by atoms with Crippen molar-refractivity contribution >= 4 is 23.4 Å². The summed E-state index contributed by atoms with van der Waals surface area (Å²) in [7, 11) is 0. The van der Waals surface area contributed by atoms with Crippen molar-refractivity contribution in [2.45, 2.75) is 75.7 Å². The molecule has 6 nitrogen and oxygen atoms in total. The van der Waals surface area contributed by atoms with Gasteiger partial charge in [-0.3, -0.25) is 0 Å². The number of rotatable bonds is 4. The van der Waals surface area contributed by atoms with Gasteiger partial charge in [-0.2, -0.15) is 4.98 Å². The van der Waals surface area contributed by atoms with Crippen molar-refractivity contribution in [3.05, 3.63) is 11.2 Å². The number of aliphatic hydroxyl groups is 2. The first-order valence-electron chi connectivity index (χ1n) is 8.55. The fourth-order valence-corrected chi connectivity index (χ4v) is 3.58. The second-order valence-electron chi connectivity index (χ2n) is 6.60. The predicted octanol–water partition coefficient (Wildman–Crippen LogP) is 2.56. The minimum absolute atomic E-state index is 0.0157. The van der Waals surface area contributed by atoms with E-state index in [-0.39, 0.29) is 24.3 Å². The van der Waals surface area contributed by atoms with Gasteiger partial charge >= 0.3 is 0 Å². The van der Waals surface area contributed by atoms with Gasteiger partial charge in [0.05, 0.1) is 30.5 Å². The minimum atomic E-state index is -0.369. The van der Waals surface area contributed by atoms with Crippen molar-refractivity contribution in [2.24, 2.45) is 0 Å². The third-order valence-corrected chi connectivity index (χ3v) is 5.12. The zero-order valence-electron chi connectivity index (χ0n) is 13.2. The molecule has 0 aromatic carbocycles. The van der Waals surface area contributed by atoms with Crippen LogP contribution < -0.4 is 10.6 Å². The van der Waals surface area contributed by atoms with Gasteiger partial charge in [-0.15, -0.1) is 0 Å². The lowest BCUT2D eigenvalue weighted by molar-refractivity contribution is 0.116. The van der Waals surface area contributed by atoms with Gasteiger partial charge in [0.1, 0.15) is 5.02 Å². The van der Waals surface area contributed by atoms with E-state index in [1.165, 1.54) is 0 Å². The van der Waals surface area contributed by atoms with Crippen LogP contribution in [0.2, 0.25) is 5.02 Å². The molecular formula is C16H25ClN4O2. The summed E-state index contributed by atoms with van der Waals surface area (Å²) in [5, 5.41) is 27.1. The molecule has 0 radical (unpaired) electrons. The highest BCUT2D eigenvalue weighted by Gasteiger charge is 2.26. The zero-order valence-corrected chi connectivity index (χ0v) is 14.0. The van der Waals surface area contributed by atoms with E-state index in [1.54, 1.807) is 6.20 Å². The number of anilines is 2. The molecule has 0 amide bonds. The lowest BCUT2D eigenvalue weighted by Gasteiger charge is -2.30. The van der Waals surface area contributed by atoms with Crippen molar-refractivity contribution in [1.82, 2.24) is 9.97 Å². The first-order valence-corrected chi connectivity index (χ1v) is 8.93. The Morgan fingerprint density at radius 3 is 2.09 bits per heavy atom. The number of nitrogens with one attached hydrogen (secondary N) is 2. The van der Waals surface area contributed by atoms with Gasteiger partial charge < -0.3 is 20.8 Å². The molecule has 0 spiro atoms. The maximum atomic E-state index is 10.1. The molecular weight excluding hydrogens is 316 g/mol. The van der Waals surface area contributed by atoms with Crippen LogP contribution in [0, 0.1) is 0 Å². The van der Waals surface area contributed by atoms with Crippen LogP contribution in [0.15, 0.2) is 6.20 Å². The van der Waals surface area contributed by atoms with Crippen LogP contribution in [0.3, 0.4) is 0 Å². The average molecular weight is 341 g/mol. The number of nitrogens with zero attached hydrogens (tertiary/aromatic N) is 2. The third-order valence-electron chi connectivity index (χ3n) is 4.84. The van der Waals surface area contributed by atoms with Crippen LogP contribution in [0.25, 0.3) is 0 Å². The molecule has 0 unspecified atom stereocenters. The summed E-state index contributed by atoms with van der Waals surface area (Å²) in [5.74, 6) is 1.01. The van der Waals surface area contributed by atoms with E-state index in [9.17, 15) is 10.2 Å². The first kappa shape index (κ1) is 16.7. The molecule has 0 saturated heterocycles. The van der Waals surface area contributed by atoms with E-state index >= 15 is 0 Å². The SMILES string of the molecule is O[C@@H]1CCCC[C@H]1Nc1ncc(Cl)c(N[C@@H]2CCCC[C@H]2O)n1. The number of aliphatic hydroxyl groups excluding tert-OH is 2. The smallest absolute Gasteiger partial charge is 0.225 e. The number of hydrogen-bond donors (Lipinski definition) is 4. The molecule has 4 atom stereocenters. The Morgan fingerprint density at radius 2 is 1.48 bits per heavy atom. The Hall–Kier alpha value is -1.11. The monoisotopic (exact) mass is 340 g/mol. The molecule has 23 heavy (non-hydrogen) atoms. The van der Waals surface area contributed by atoms with E-state index in [1.807, 2.05) is 0 Å². The largest absolute Gasteiger partial charge is 0.391 e. The zero-order chi connectivity index (χ0) is 16.2. The molecule has 2 aliphatic carbocycles. The van der Waals surface area contributed by atoms with Crippen LogP contribution in [0.4, 0.5) is 11.8 Å². The molecule has 4 N–H and O–H groups in total. The van der Waals surface area contributed by atoms with Crippen LogP contribution >= 0.6 is 11.6 Å². The van der Waals surface area contributed by atoms with Crippen LogP contribution in [-0.2, 0) is 0 Å². The van der Waals surface area contributed by atoms with Crippen molar-refractivity contribution in [3.63, 3.8) is 0 Å². The molecule has 2 fully saturated rings. The summed E-state index contributed by atoms with van der Waals surface area (Å²) in [6.07, 6.45) is 8.58. The molecule has 2 saturated carbocycles. The van der Waals surface area contributed by atoms with Crippen LogP contribution in [0.5, 0.6) is 0 Å². The Kier molecular flexibility index (Phi) is 5.56. The van der Waals surface area contributed by atoms with Gasteiger partial charge in [0.15, 0.2) is 5.82 Å². The molecule has 1 aromatic heterocycles. The Bertz CT molecular complexity index is 531. The summed E-state index contributed by atoms with van der Waals surface area (Å²) in [6.45, 7) is 0. The normalized spacial score (nSPS) is 31.6. The molecule has 7 heteroatoms. The van der Waals surface area contributed by atoms with Crippen LogP contribution in [0.1, 0.15) is 51.4 Å². The van der Waals surface area contributed by atoms with Gasteiger partial charge in [0.25, 0.3) is 0 Å². The number of hydrogen-bond acceptors (Lipinski definition) is 6. The highest BCUT2D eigenvalue weighted by Crippen LogP contribution is 2.27. The maximum absolute atomic E-state index is 10.1. The summed E-state index contributed by atoms with van der Waals surface area (Å²) in [6, 6.07) is -0.0395. The van der Waals surface area contributed by atoms with E-state index in [4.69, 9.17) is 11.6 Å². The highest BCUT2D eigenvalue weighted by molar-refractivity contribution is 6.32. The average Bonchev–Trinajstić information content (AvgIpc) is 2.55. The standard InChI is InChI=1S/C16H25ClN4O2/c17-10-9-18-16(20-12-6-2-4-8-14(12)23)21-15(10)19-11-5-1-3-7-13(11)22/h9,11-14,22-23H,1-8H2,(H2,18,19,20,21)/t11-,12-,13-,14-/m1/s1. The van der Waals surface area contributed by atoms with Crippen LogP contribution in [-0.4, -0.2) is 44.5 Å². The van der Waals surface area contributed by atoms with Gasteiger partial charge in [-0.1, -0.05) is 37.3 Å². The van der Waals surface area contributed by atoms with E-state index in [2.05, 4.69) is 20.6 Å². The van der Waals surface area contributed by atoms with Gasteiger partial charge in [0.2, 0.25) is 5.95 Å². The molecule has 128 valence electrons. The van der Waals surface area contributed by atoms with Crippen molar-refractivity contribution < 1.29 is 10.2 Å². The fourth-order valence-electron chi connectivity index (χ4n) is 3.44. The predicted molar refractivity (Wildman–Crippen MR) is 90.8 cm³/mol. The Morgan fingerprint density at radius 1 is 0.913 bits per heavy atom. The second kappa shape index (κ2) is 7.64. The van der Waals surface area contributed by atoms with Crippen molar-refractivity contribution in [3.8, 4) is 0 Å². The van der Waals surface area contributed by atoms with E-state index < -0.39 is 0 Å². The summed E-state index contributed by atoms with van der Waals surface area (Å²) in [5.41, 5.74) is 0. The highest BCUT2D eigenvalue weighted by atomic mass is 35.5. The molecule has 0 bridgehead atoms. The minimum Gasteiger partial charge on any atom is -0.391 e. The Labute approximate surface area is 141 Å². The summed E-state index contributed by atoms with van der Waals surface area (Å²) < 4.78 is 0. The van der Waals surface area contributed by atoms with Gasteiger partial charge in [-0.25, -0.2) is 4.98 Å². The van der Waals surface area contributed by atoms with E-state index in [0.717, 1.165) is 51.4 Å². The van der Waals surface area contributed by atoms with Gasteiger partial charge in [-0.05, 0) is 25.7 Å². The van der Waals surface area contributed by atoms with Crippen molar-refractivity contribution in [1.29, 1.82) is 0 Å². The first-order chi connectivity index (χ1) is 11.1. The summed E-state index contributed by atoms with van der Waals surface area (Å²) in [4.78, 5) is 8.65. The Balaban J connectivity index is 1.68. The lowest BCUT2D eigenvalue weighted by Crippen LogP contribution is -2.38. The van der Waals surface area contributed by atoms with Crippen molar-refractivity contribution in [2.75, 3.05) is 10.6 Å². The second-order valence-corrected chi connectivity index (χ2v) is 7.00.